The zero-order chi connectivity index (χ0) is 20.0. The third-order valence-electron chi connectivity index (χ3n) is 7.39. The van der Waals surface area contributed by atoms with Gasteiger partial charge in [-0.25, -0.2) is 0 Å². The van der Waals surface area contributed by atoms with Crippen LogP contribution in [0.1, 0.15) is 38.2 Å². The van der Waals surface area contributed by atoms with Gasteiger partial charge in [-0.15, -0.1) is 0 Å². The average molecular weight is 400 g/mol. The van der Waals surface area contributed by atoms with Crippen molar-refractivity contribution < 1.29 is 28.5 Å². The number of hydrogen-bond acceptors (Lipinski definition) is 6. The Morgan fingerprint density at radius 2 is 1.97 bits per heavy atom. The van der Waals surface area contributed by atoms with Gasteiger partial charge in [0.05, 0.1) is 25.0 Å². The second kappa shape index (κ2) is 7.40. The van der Waals surface area contributed by atoms with Crippen molar-refractivity contribution in [1.29, 1.82) is 0 Å². The van der Waals surface area contributed by atoms with E-state index in [-0.39, 0.29) is 54.2 Å². The summed E-state index contributed by atoms with van der Waals surface area (Å²) in [4.78, 5) is 25.8. The van der Waals surface area contributed by atoms with Gasteiger partial charge in [0.25, 0.3) is 0 Å². The standard InChI is InChI=1S/C23H28O6/c1-14-19-18(21(24)29-14)11-16-12-23(27-9-10-28-23)8-7-17(16)20(19)22(25)26-13-15-5-3-2-4-6-15/h2-6,14,16-20H,7-13H2,1H3/t14-,16-,17-,18-,19+,20+/m1/s1. The number of ether oxygens (including phenoxy) is 4. The molecule has 2 saturated carbocycles. The Labute approximate surface area is 170 Å². The first kappa shape index (κ1) is 19.1. The van der Waals surface area contributed by atoms with E-state index in [1.807, 2.05) is 37.3 Å². The highest BCUT2D eigenvalue weighted by molar-refractivity contribution is 5.80. The summed E-state index contributed by atoms with van der Waals surface area (Å²) in [7, 11) is 0. The minimum Gasteiger partial charge on any atom is -0.462 e. The van der Waals surface area contributed by atoms with Crippen LogP contribution in [-0.2, 0) is 35.1 Å². The fourth-order valence-electron chi connectivity index (χ4n) is 6.16. The lowest BCUT2D eigenvalue weighted by Crippen LogP contribution is -2.52. The maximum Gasteiger partial charge on any atom is 0.310 e. The van der Waals surface area contributed by atoms with E-state index in [0.717, 1.165) is 31.2 Å². The number of benzene rings is 1. The summed E-state index contributed by atoms with van der Waals surface area (Å²) in [5.41, 5.74) is 0.965. The molecule has 6 nitrogen and oxygen atoms in total. The third kappa shape index (κ3) is 3.36. The summed E-state index contributed by atoms with van der Waals surface area (Å²) >= 11 is 0. The Bertz CT molecular complexity index is 771. The Kier molecular flexibility index (Phi) is 4.87. The molecule has 4 aliphatic rings. The van der Waals surface area contributed by atoms with E-state index in [1.165, 1.54) is 0 Å². The van der Waals surface area contributed by atoms with E-state index >= 15 is 0 Å². The summed E-state index contributed by atoms with van der Waals surface area (Å²) < 4.78 is 23.2. The molecule has 0 unspecified atom stereocenters. The molecule has 2 heterocycles. The van der Waals surface area contributed by atoms with Gasteiger partial charge in [0, 0.05) is 18.8 Å². The minimum absolute atomic E-state index is 0.105. The molecule has 2 saturated heterocycles. The predicted molar refractivity (Wildman–Crippen MR) is 102 cm³/mol. The quantitative estimate of drug-likeness (QED) is 0.726. The second-order valence-corrected chi connectivity index (χ2v) is 8.95. The van der Waals surface area contributed by atoms with E-state index in [1.54, 1.807) is 0 Å². The van der Waals surface area contributed by atoms with Crippen molar-refractivity contribution in [3.63, 3.8) is 0 Å². The highest BCUT2D eigenvalue weighted by Crippen LogP contribution is 2.56. The lowest BCUT2D eigenvalue weighted by atomic mass is 9.56. The molecule has 2 aliphatic carbocycles. The Morgan fingerprint density at radius 1 is 1.21 bits per heavy atom. The summed E-state index contributed by atoms with van der Waals surface area (Å²) in [6, 6.07) is 9.70. The molecular formula is C23H28O6. The average Bonchev–Trinajstić information content (AvgIpc) is 3.29. The predicted octanol–water partition coefficient (Wildman–Crippen LogP) is 3.09. The second-order valence-electron chi connectivity index (χ2n) is 8.95. The van der Waals surface area contributed by atoms with Gasteiger partial charge < -0.3 is 18.9 Å². The van der Waals surface area contributed by atoms with E-state index in [2.05, 4.69) is 0 Å². The van der Waals surface area contributed by atoms with Crippen molar-refractivity contribution in [1.82, 2.24) is 0 Å². The number of rotatable bonds is 3. The molecule has 0 radical (unpaired) electrons. The largest absolute Gasteiger partial charge is 0.462 e. The first-order valence-corrected chi connectivity index (χ1v) is 10.8. The lowest BCUT2D eigenvalue weighted by Gasteiger charge is -2.49. The number of hydrogen-bond donors (Lipinski definition) is 0. The van der Waals surface area contributed by atoms with Crippen LogP contribution in [0.3, 0.4) is 0 Å². The van der Waals surface area contributed by atoms with Crippen LogP contribution in [0.5, 0.6) is 0 Å². The van der Waals surface area contributed by atoms with Gasteiger partial charge in [0.2, 0.25) is 0 Å². The number of cyclic esters (lactones) is 1. The van der Waals surface area contributed by atoms with Gasteiger partial charge in [-0.05, 0) is 37.2 Å². The molecule has 2 aliphatic heterocycles. The van der Waals surface area contributed by atoms with E-state index in [0.29, 0.717) is 13.2 Å². The van der Waals surface area contributed by atoms with Gasteiger partial charge in [-0.1, -0.05) is 30.3 Å². The molecule has 6 atom stereocenters. The first-order chi connectivity index (χ1) is 14.1. The van der Waals surface area contributed by atoms with Gasteiger partial charge in [0.15, 0.2) is 5.79 Å². The van der Waals surface area contributed by atoms with E-state index < -0.39 is 5.79 Å². The van der Waals surface area contributed by atoms with Crippen LogP contribution in [0.25, 0.3) is 0 Å². The normalized spacial score (nSPS) is 37.6. The maximum absolute atomic E-state index is 13.3. The van der Waals surface area contributed by atoms with E-state index in [4.69, 9.17) is 18.9 Å². The van der Waals surface area contributed by atoms with Gasteiger partial charge in [-0.3, -0.25) is 9.59 Å². The van der Waals surface area contributed by atoms with Crippen molar-refractivity contribution >= 4 is 11.9 Å². The molecule has 0 bridgehead atoms. The highest BCUT2D eigenvalue weighted by atomic mass is 16.7. The third-order valence-corrected chi connectivity index (χ3v) is 7.39. The lowest BCUT2D eigenvalue weighted by molar-refractivity contribution is -0.210. The Balaban J connectivity index is 1.38. The van der Waals surface area contributed by atoms with Crippen LogP contribution in [0.4, 0.5) is 0 Å². The molecule has 0 amide bonds. The van der Waals surface area contributed by atoms with Crippen molar-refractivity contribution in [2.75, 3.05) is 13.2 Å². The molecule has 0 N–H and O–H groups in total. The molecule has 1 aromatic carbocycles. The van der Waals surface area contributed by atoms with Crippen LogP contribution in [0, 0.1) is 29.6 Å². The number of fused-ring (bicyclic) bond motifs is 2. The van der Waals surface area contributed by atoms with Crippen molar-refractivity contribution in [2.24, 2.45) is 29.6 Å². The zero-order valence-electron chi connectivity index (χ0n) is 16.8. The number of carbonyl (C=O) groups excluding carboxylic acids is 2. The van der Waals surface area contributed by atoms with Crippen LogP contribution in [0.2, 0.25) is 0 Å². The molecular weight excluding hydrogens is 372 g/mol. The zero-order valence-corrected chi connectivity index (χ0v) is 16.8. The van der Waals surface area contributed by atoms with Gasteiger partial charge >= 0.3 is 11.9 Å². The Morgan fingerprint density at radius 3 is 2.72 bits per heavy atom. The molecule has 4 fully saturated rings. The molecule has 6 heteroatoms. The molecule has 29 heavy (non-hydrogen) atoms. The maximum atomic E-state index is 13.3. The molecule has 0 aromatic heterocycles. The first-order valence-electron chi connectivity index (χ1n) is 10.8. The minimum atomic E-state index is -0.527. The molecule has 156 valence electrons. The smallest absolute Gasteiger partial charge is 0.310 e. The fourth-order valence-corrected chi connectivity index (χ4v) is 6.16. The van der Waals surface area contributed by atoms with Crippen LogP contribution in [0.15, 0.2) is 30.3 Å². The Hall–Kier alpha value is -1.92. The number of esters is 2. The SMILES string of the molecule is C[C@H]1OC(=O)[C@@H]2C[C@@H]3CC4(CC[C@H]3[C@H](C(=O)OCc3ccccc3)[C@@H]12)OCCO4. The van der Waals surface area contributed by atoms with Gasteiger partial charge in [-0.2, -0.15) is 0 Å². The molecule has 5 rings (SSSR count). The van der Waals surface area contributed by atoms with Crippen molar-refractivity contribution in [2.45, 2.75) is 51.1 Å². The summed E-state index contributed by atoms with van der Waals surface area (Å²) in [5, 5.41) is 0. The summed E-state index contributed by atoms with van der Waals surface area (Å²) in [6.45, 7) is 3.40. The van der Waals surface area contributed by atoms with Crippen molar-refractivity contribution in [3.05, 3.63) is 35.9 Å². The van der Waals surface area contributed by atoms with Gasteiger partial charge in [0.1, 0.15) is 12.7 Å². The van der Waals surface area contributed by atoms with Crippen molar-refractivity contribution in [3.8, 4) is 0 Å². The van der Waals surface area contributed by atoms with Crippen LogP contribution >= 0.6 is 0 Å². The molecule has 1 spiro atoms. The summed E-state index contributed by atoms with van der Waals surface area (Å²) in [5.74, 6) is -1.18. The highest BCUT2D eigenvalue weighted by Gasteiger charge is 2.60. The number of carbonyl (C=O) groups is 2. The summed E-state index contributed by atoms with van der Waals surface area (Å²) in [6.07, 6.45) is 2.87. The topological polar surface area (TPSA) is 71.1 Å². The fraction of sp³-hybridized carbons (Fsp3) is 0.652. The monoisotopic (exact) mass is 400 g/mol. The van der Waals surface area contributed by atoms with E-state index in [9.17, 15) is 9.59 Å². The van der Waals surface area contributed by atoms with Crippen LogP contribution in [-0.4, -0.2) is 37.0 Å². The molecule has 1 aromatic rings. The van der Waals surface area contributed by atoms with Crippen LogP contribution < -0.4 is 0 Å².